The lowest BCUT2D eigenvalue weighted by atomic mass is 10.1. The topological polar surface area (TPSA) is 90.4 Å². The Kier molecular flexibility index (Phi) is 6.34. The molecule has 2 heterocycles. The van der Waals surface area contributed by atoms with E-state index in [0.717, 1.165) is 44.0 Å². The van der Waals surface area contributed by atoms with Crippen molar-refractivity contribution >= 4 is 34.1 Å². The summed E-state index contributed by atoms with van der Waals surface area (Å²) in [5.74, 6) is -0.159. The van der Waals surface area contributed by atoms with Gasteiger partial charge in [-0.1, -0.05) is 17.7 Å². The third kappa shape index (κ3) is 4.28. The maximum absolute atomic E-state index is 12.4. The van der Waals surface area contributed by atoms with Crippen molar-refractivity contribution in [3.05, 3.63) is 73.4 Å². The molecule has 0 bridgehead atoms. The van der Waals surface area contributed by atoms with E-state index >= 15 is 0 Å². The molecule has 8 nitrogen and oxygen atoms in total. The molecule has 2 aromatic carbocycles. The zero-order valence-electron chi connectivity index (χ0n) is 18.2. The van der Waals surface area contributed by atoms with Gasteiger partial charge in [0.05, 0.1) is 21.6 Å². The Balaban J connectivity index is 1.44. The largest absolute Gasteiger partial charge is 0.368 e. The first kappa shape index (κ1) is 22.1. The van der Waals surface area contributed by atoms with Crippen LogP contribution in [0.15, 0.2) is 46.0 Å². The van der Waals surface area contributed by atoms with Crippen LogP contribution in [-0.4, -0.2) is 53.6 Å². The van der Waals surface area contributed by atoms with Gasteiger partial charge in [0.15, 0.2) is 0 Å². The van der Waals surface area contributed by atoms with E-state index in [4.69, 9.17) is 11.6 Å². The van der Waals surface area contributed by atoms with E-state index < -0.39 is 0 Å². The van der Waals surface area contributed by atoms with E-state index in [9.17, 15) is 14.4 Å². The smallest absolute Gasteiger partial charge is 0.328 e. The van der Waals surface area contributed by atoms with Gasteiger partial charge in [-0.05, 0) is 42.8 Å². The van der Waals surface area contributed by atoms with Crippen molar-refractivity contribution in [3.63, 3.8) is 0 Å². The Morgan fingerprint density at radius 1 is 1.09 bits per heavy atom. The minimum absolute atomic E-state index is 0.159. The number of nitrogens with one attached hydrogen (secondary N) is 2. The van der Waals surface area contributed by atoms with Crippen LogP contribution < -0.4 is 21.5 Å². The summed E-state index contributed by atoms with van der Waals surface area (Å²) in [6.07, 6.45) is 0. The highest BCUT2D eigenvalue weighted by molar-refractivity contribution is 6.33. The molecular weight excluding hydrogens is 430 g/mol. The number of hydrogen-bond donors (Lipinski definition) is 2. The Morgan fingerprint density at radius 2 is 1.84 bits per heavy atom. The molecule has 0 aliphatic carbocycles. The number of hydrogen-bond acceptors (Lipinski definition) is 5. The number of carbonyl (C=O) groups is 1. The third-order valence-corrected chi connectivity index (χ3v) is 6.22. The molecule has 1 amide bonds. The highest BCUT2D eigenvalue weighted by Crippen LogP contribution is 2.28. The molecule has 3 aromatic rings. The molecule has 1 aliphatic heterocycles. The van der Waals surface area contributed by atoms with Crippen molar-refractivity contribution in [1.82, 2.24) is 19.8 Å². The van der Waals surface area contributed by atoms with Crippen LogP contribution in [0.2, 0.25) is 5.02 Å². The van der Waals surface area contributed by atoms with E-state index in [1.165, 1.54) is 4.57 Å². The zero-order valence-corrected chi connectivity index (χ0v) is 18.9. The monoisotopic (exact) mass is 455 g/mol. The van der Waals surface area contributed by atoms with Gasteiger partial charge in [-0.15, -0.1) is 0 Å². The lowest BCUT2D eigenvalue weighted by Crippen LogP contribution is -2.46. The number of anilines is 1. The number of carbonyl (C=O) groups excluding carboxylic acids is 1. The second-order valence-corrected chi connectivity index (χ2v) is 8.28. The predicted molar refractivity (Wildman–Crippen MR) is 127 cm³/mol. The molecule has 1 aromatic heterocycles. The van der Waals surface area contributed by atoms with Crippen molar-refractivity contribution in [2.24, 2.45) is 0 Å². The highest BCUT2D eigenvalue weighted by atomic mass is 35.5. The molecule has 9 heteroatoms. The van der Waals surface area contributed by atoms with E-state index in [1.54, 1.807) is 32.2 Å². The molecule has 0 spiro atoms. The average Bonchev–Trinajstić information content (AvgIpc) is 2.79. The van der Waals surface area contributed by atoms with Crippen molar-refractivity contribution in [1.29, 1.82) is 0 Å². The van der Waals surface area contributed by atoms with Crippen LogP contribution in [0.25, 0.3) is 10.9 Å². The molecule has 1 fully saturated rings. The number of rotatable bonds is 5. The lowest BCUT2D eigenvalue weighted by Gasteiger charge is -2.36. The number of halogens is 1. The molecule has 4 rings (SSSR count). The van der Waals surface area contributed by atoms with Crippen LogP contribution in [0.4, 0.5) is 5.69 Å². The number of aromatic nitrogens is 2. The summed E-state index contributed by atoms with van der Waals surface area (Å²) < 4.78 is 1.20. The molecule has 1 aliphatic rings. The SMILES string of the molecule is CCn1c(=O)[nH]c2cc(CN3CCN(c4ccc(C(=O)NC)cc4Cl)CC3)ccc2c1=O. The first-order valence-corrected chi connectivity index (χ1v) is 11.0. The van der Waals surface area contributed by atoms with Crippen LogP contribution in [-0.2, 0) is 13.1 Å². The Hall–Kier alpha value is -3.10. The fourth-order valence-corrected chi connectivity index (χ4v) is 4.44. The minimum Gasteiger partial charge on any atom is -0.368 e. The molecule has 0 saturated carbocycles. The standard InChI is InChI=1S/C23H26ClN5O3/c1-3-29-22(31)17-6-4-15(12-19(17)26-23(29)32)14-27-8-10-28(11-9-27)20-7-5-16(13-18(20)24)21(30)25-2/h4-7,12-13H,3,8-11,14H2,1-2H3,(H,25,30)(H,26,32). The number of aromatic amines is 1. The Morgan fingerprint density at radius 3 is 2.50 bits per heavy atom. The van der Waals surface area contributed by atoms with Crippen molar-refractivity contribution < 1.29 is 4.79 Å². The van der Waals surface area contributed by atoms with Crippen molar-refractivity contribution in [3.8, 4) is 0 Å². The van der Waals surface area contributed by atoms with Gasteiger partial charge in [0.2, 0.25) is 0 Å². The van der Waals surface area contributed by atoms with E-state index in [2.05, 4.69) is 20.1 Å². The van der Waals surface area contributed by atoms with Gasteiger partial charge < -0.3 is 15.2 Å². The molecule has 168 valence electrons. The van der Waals surface area contributed by atoms with Crippen molar-refractivity contribution in [2.75, 3.05) is 38.1 Å². The molecule has 32 heavy (non-hydrogen) atoms. The van der Waals surface area contributed by atoms with E-state index in [1.807, 2.05) is 18.2 Å². The second kappa shape index (κ2) is 9.18. The molecular formula is C23H26ClN5O3. The van der Waals surface area contributed by atoms with Gasteiger partial charge in [0.25, 0.3) is 11.5 Å². The Labute approximate surface area is 190 Å². The normalized spacial score (nSPS) is 14.7. The molecule has 1 saturated heterocycles. The highest BCUT2D eigenvalue weighted by Gasteiger charge is 2.20. The van der Waals surface area contributed by atoms with Gasteiger partial charge in [-0.2, -0.15) is 0 Å². The fourth-order valence-electron chi connectivity index (χ4n) is 4.14. The van der Waals surface area contributed by atoms with E-state index in [-0.39, 0.29) is 17.2 Å². The molecule has 0 unspecified atom stereocenters. The number of H-pyrrole nitrogens is 1. The van der Waals surface area contributed by atoms with Gasteiger partial charge in [-0.25, -0.2) is 4.79 Å². The van der Waals surface area contributed by atoms with E-state index in [0.29, 0.717) is 28.0 Å². The van der Waals surface area contributed by atoms with Gasteiger partial charge in [0.1, 0.15) is 0 Å². The first-order chi connectivity index (χ1) is 15.4. The maximum atomic E-state index is 12.4. The molecule has 0 atom stereocenters. The number of fused-ring (bicyclic) bond motifs is 1. The molecule has 0 radical (unpaired) electrons. The average molecular weight is 456 g/mol. The lowest BCUT2D eigenvalue weighted by molar-refractivity contribution is 0.0963. The zero-order chi connectivity index (χ0) is 22.8. The van der Waals surface area contributed by atoms with Crippen molar-refractivity contribution in [2.45, 2.75) is 20.0 Å². The number of benzene rings is 2. The number of nitrogens with zero attached hydrogens (tertiary/aromatic N) is 3. The Bertz CT molecular complexity index is 1270. The summed E-state index contributed by atoms with van der Waals surface area (Å²) in [5.41, 5.74) is 2.45. The minimum atomic E-state index is -0.380. The summed E-state index contributed by atoms with van der Waals surface area (Å²) in [6.45, 7) is 6.16. The summed E-state index contributed by atoms with van der Waals surface area (Å²) in [5, 5.41) is 3.69. The summed E-state index contributed by atoms with van der Waals surface area (Å²) in [6, 6.07) is 11.0. The quantitative estimate of drug-likeness (QED) is 0.614. The number of amides is 1. The second-order valence-electron chi connectivity index (χ2n) is 7.87. The molecule has 2 N–H and O–H groups in total. The third-order valence-electron chi connectivity index (χ3n) is 5.92. The van der Waals surface area contributed by atoms with Gasteiger partial charge in [0, 0.05) is 51.9 Å². The maximum Gasteiger partial charge on any atom is 0.328 e. The number of piperazine rings is 1. The summed E-state index contributed by atoms with van der Waals surface area (Å²) in [4.78, 5) is 43.7. The van der Waals surface area contributed by atoms with Crippen LogP contribution in [0.1, 0.15) is 22.8 Å². The van der Waals surface area contributed by atoms with Gasteiger partial charge >= 0.3 is 5.69 Å². The predicted octanol–water partition coefficient (Wildman–Crippen LogP) is 2.04. The van der Waals surface area contributed by atoms with Crippen LogP contribution in [0.3, 0.4) is 0 Å². The van der Waals surface area contributed by atoms with Crippen LogP contribution in [0.5, 0.6) is 0 Å². The summed E-state index contributed by atoms with van der Waals surface area (Å²) >= 11 is 6.44. The summed E-state index contributed by atoms with van der Waals surface area (Å²) in [7, 11) is 1.59. The van der Waals surface area contributed by atoms with Crippen LogP contribution in [0, 0.1) is 0 Å². The fraction of sp³-hybridized carbons (Fsp3) is 0.348. The first-order valence-electron chi connectivity index (χ1n) is 10.7. The van der Waals surface area contributed by atoms with Gasteiger partial charge in [-0.3, -0.25) is 19.1 Å². The van der Waals surface area contributed by atoms with Crippen LogP contribution >= 0.6 is 11.6 Å².